The van der Waals surface area contributed by atoms with Gasteiger partial charge in [-0.2, -0.15) is 5.26 Å². The largest absolute Gasteiger partial charge is 0.465 e. The number of nitrogens with zero attached hydrogens (tertiary/aromatic N) is 3. The van der Waals surface area contributed by atoms with Crippen LogP contribution < -0.4 is 5.32 Å². The molecule has 8 nitrogen and oxygen atoms in total. The predicted octanol–water partition coefficient (Wildman–Crippen LogP) is 2.47. The summed E-state index contributed by atoms with van der Waals surface area (Å²) in [5.41, 5.74) is 2.14. The lowest BCUT2D eigenvalue weighted by Crippen LogP contribution is -2.23. The number of hydrogen-bond acceptors (Lipinski definition) is 5. The maximum atomic E-state index is 13.1. The predicted molar refractivity (Wildman–Crippen MR) is 101 cm³/mol. The molecule has 0 radical (unpaired) electrons. The van der Waals surface area contributed by atoms with Gasteiger partial charge in [0.05, 0.1) is 17.3 Å². The number of amides is 1. The molecule has 0 atom stereocenters. The van der Waals surface area contributed by atoms with Crippen LogP contribution in [0.15, 0.2) is 66.0 Å². The Kier molecular flexibility index (Phi) is 5.42. The zero-order chi connectivity index (χ0) is 20.1. The molecule has 0 aliphatic carbocycles. The number of benzene rings is 1. The smallest absolute Gasteiger partial charge is 0.404 e. The topological polar surface area (TPSA) is 125 Å². The van der Waals surface area contributed by atoms with E-state index in [4.69, 9.17) is 10.4 Å². The Labute approximate surface area is 161 Å². The van der Waals surface area contributed by atoms with E-state index in [1.807, 2.05) is 6.07 Å². The Morgan fingerprint density at radius 1 is 1.25 bits per heavy atom. The van der Waals surface area contributed by atoms with E-state index in [0.29, 0.717) is 28.8 Å². The summed E-state index contributed by atoms with van der Waals surface area (Å²) in [5, 5.41) is 19.9. The summed E-state index contributed by atoms with van der Waals surface area (Å²) in [7, 11) is -3.90. The van der Waals surface area contributed by atoms with Gasteiger partial charge >= 0.3 is 6.09 Å². The van der Waals surface area contributed by atoms with Gasteiger partial charge in [-0.25, -0.2) is 17.2 Å². The fourth-order valence-corrected chi connectivity index (χ4v) is 4.05. The zero-order valence-electron chi connectivity index (χ0n) is 14.6. The van der Waals surface area contributed by atoms with Crippen LogP contribution in [-0.2, 0) is 16.4 Å². The maximum absolute atomic E-state index is 13.1. The van der Waals surface area contributed by atoms with E-state index in [0.717, 1.165) is 3.97 Å². The first-order valence-corrected chi connectivity index (χ1v) is 9.70. The number of aromatic nitrogens is 2. The number of hydrogen-bond donors (Lipinski definition) is 2. The van der Waals surface area contributed by atoms with Crippen molar-refractivity contribution in [1.29, 1.82) is 5.26 Å². The monoisotopic (exact) mass is 396 g/mol. The summed E-state index contributed by atoms with van der Waals surface area (Å²) in [6.07, 6.45) is 3.41. The molecule has 0 aliphatic rings. The van der Waals surface area contributed by atoms with Crippen LogP contribution in [0.1, 0.15) is 11.1 Å². The van der Waals surface area contributed by atoms with Crippen molar-refractivity contribution in [3.8, 4) is 17.3 Å². The standard InChI is InChI=1S/C19H16N4O4S/c20-11-14-3-5-16(6-4-14)18-10-15(7-9-22-19(24)25)13-23(18)28(26,27)17-2-1-8-21-12-17/h1-6,8,10,12-13,22H,7,9H2,(H,24,25). The highest BCUT2D eigenvalue weighted by Gasteiger charge is 2.22. The molecule has 0 unspecified atom stereocenters. The van der Waals surface area contributed by atoms with Crippen molar-refractivity contribution in [2.75, 3.05) is 6.54 Å². The second kappa shape index (κ2) is 7.94. The van der Waals surface area contributed by atoms with Crippen LogP contribution in [0.25, 0.3) is 11.3 Å². The minimum Gasteiger partial charge on any atom is -0.465 e. The van der Waals surface area contributed by atoms with Gasteiger partial charge in [-0.15, -0.1) is 0 Å². The second-order valence-electron chi connectivity index (χ2n) is 5.89. The van der Waals surface area contributed by atoms with Crippen LogP contribution >= 0.6 is 0 Å². The minimum absolute atomic E-state index is 0.0377. The van der Waals surface area contributed by atoms with Gasteiger partial charge in [0.1, 0.15) is 4.90 Å². The van der Waals surface area contributed by atoms with E-state index in [1.54, 1.807) is 30.3 Å². The number of carboxylic acid groups (broad SMARTS) is 1. The van der Waals surface area contributed by atoms with E-state index in [9.17, 15) is 13.2 Å². The van der Waals surface area contributed by atoms with Crippen molar-refractivity contribution in [3.63, 3.8) is 0 Å². The molecule has 0 bridgehead atoms. The molecule has 0 saturated carbocycles. The molecule has 3 aromatic rings. The van der Waals surface area contributed by atoms with Crippen LogP contribution in [0.4, 0.5) is 4.79 Å². The molecule has 142 valence electrons. The number of rotatable bonds is 6. The van der Waals surface area contributed by atoms with Crippen molar-refractivity contribution in [2.24, 2.45) is 0 Å². The third-order valence-electron chi connectivity index (χ3n) is 4.03. The van der Waals surface area contributed by atoms with Crippen LogP contribution in [-0.4, -0.2) is 35.1 Å². The average molecular weight is 396 g/mol. The third kappa shape index (κ3) is 4.02. The number of nitrogens with one attached hydrogen (secondary N) is 1. The zero-order valence-corrected chi connectivity index (χ0v) is 15.4. The Bertz CT molecular complexity index is 1130. The van der Waals surface area contributed by atoms with Gasteiger partial charge in [0.25, 0.3) is 10.0 Å². The first kappa shape index (κ1) is 19.1. The summed E-state index contributed by atoms with van der Waals surface area (Å²) in [6.45, 7) is 0.152. The normalized spacial score (nSPS) is 11.0. The highest BCUT2D eigenvalue weighted by Crippen LogP contribution is 2.27. The number of nitriles is 1. The molecule has 0 saturated heterocycles. The highest BCUT2D eigenvalue weighted by molar-refractivity contribution is 7.90. The van der Waals surface area contributed by atoms with E-state index in [2.05, 4.69) is 10.3 Å². The molecule has 28 heavy (non-hydrogen) atoms. The van der Waals surface area contributed by atoms with Crippen molar-refractivity contribution >= 4 is 16.1 Å². The number of carbonyl (C=O) groups is 1. The van der Waals surface area contributed by atoms with Crippen LogP contribution in [0.5, 0.6) is 0 Å². The first-order chi connectivity index (χ1) is 13.4. The van der Waals surface area contributed by atoms with Gasteiger partial charge in [0.15, 0.2) is 0 Å². The van der Waals surface area contributed by atoms with Gasteiger partial charge in [-0.3, -0.25) is 4.98 Å². The lowest BCUT2D eigenvalue weighted by molar-refractivity contribution is 0.194. The molecule has 0 spiro atoms. The Hall–Kier alpha value is -3.64. The van der Waals surface area contributed by atoms with Gasteiger partial charge < -0.3 is 10.4 Å². The second-order valence-corrected chi connectivity index (χ2v) is 7.71. The molecular formula is C19H16N4O4S. The molecule has 0 fully saturated rings. The van der Waals surface area contributed by atoms with Crippen LogP contribution in [0.3, 0.4) is 0 Å². The van der Waals surface area contributed by atoms with Gasteiger partial charge in [-0.1, -0.05) is 12.1 Å². The van der Waals surface area contributed by atoms with Crippen LogP contribution in [0.2, 0.25) is 0 Å². The van der Waals surface area contributed by atoms with Crippen molar-refractivity contribution in [2.45, 2.75) is 11.3 Å². The molecule has 1 aromatic carbocycles. The minimum atomic E-state index is -3.90. The molecule has 1 amide bonds. The highest BCUT2D eigenvalue weighted by atomic mass is 32.2. The Balaban J connectivity index is 2.07. The SMILES string of the molecule is N#Cc1ccc(-c2cc(CCNC(=O)O)cn2S(=O)(=O)c2cccnc2)cc1. The van der Waals surface area contributed by atoms with E-state index in [1.165, 1.54) is 30.7 Å². The lowest BCUT2D eigenvalue weighted by Gasteiger charge is -2.10. The maximum Gasteiger partial charge on any atom is 0.404 e. The fourth-order valence-electron chi connectivity index (χ4n) is 2.69. The molecule has 2 N–H and O–H groups in total. The summed E-state index contributed by atoms with van der Waals surface area (Å²) in [5.74, 6) is 0. The van der Waals surface area contributed by atoms with Crippen molar-refractivity contribution < 1.29 is 18.3 Å². The third-order valence-corrected chi connectivity index (χ3v) is 5.69. The van der Waals surface area contributed by atoms with E-state index in [-0.39, 0.29) is 11.4 Å². The molecule has 2 heterocycles. The Morgan fingerprint density at radius 3 is 2.61 bits per heavy atom. The van der Waals surface area contributed by atoms with E-state index < -0.39 is 16.1 Å². The molecule has 3 rings (SSSR count). The summed E-state index contributed by atoms with van der Waals surface area (Å²) in [6, 6.07) is 13.3. The number of pyridine rings is 1. The van der Waals surface area contributed by atoms with E-state index >= 15 is 0 Å². The molecule has 0 aliphatic heterocycles. The summed E-state index contributed by atoms with van der Waals surface area (Å²) < 4.78 is 27.4. The summed E-state index contributed by atoms with van der Waals surface area (Å²) in [4.78, 5) is 14.6. The van der Waals surface area contributed by atoms with Crippen molar-refractivity contribution in [3.05, 3.63) is 72.2 Å². The van der Waals surface area contributed by atoms with Gasteiger partial charge in [-0.05, 0) is 47.9 Å². The quantitative estimate of drug-likeness (QED) is 0.659. The molecular weight excluding hydrogens is 380 g/mol. The van der Waals surface area contributed by atoms with Gasteiger partial charge in [0.2, 0.25) is 0 Å². The van der Waals surface area contributed by atoms with Crippen molar-refractivity contribution in [1.82, 2.24) is 14.3 Å². The average Bonchev–Trinajstić information content (AvgIpc) is 3.13. The molecule has 2 aromatic heterocycles. The van der Waals surface area contributed by atoms with Gasteiger partial charge in [0, 0.05) is 25.1 Å². The molecule has 9 heteroatoms. The fraction of sp³-hybridized carbons (Fsp3) is 0.105. The van der Waals surface area contributed by atoms with Crippen LogP contribution in [0, 0.1) is 11.3 Å². The lowest BCUT2D eigenvalue weighted by atomic mass is 10.1. The Morgan fingerprint density at radius 2 is 2.00 bits per heavy atom. The first-order valence-electron chi connectivity index (χ1n) is 8.26. The summed E-state index contributed by atoms with van der Waals surface area (Å²) >= 11 is 0.